The van der Waals surface area contributed by atoms with Gasteiger partial charge in [0.2, 0.25) is 5.91 Å². The fraction of sp³-hybridized carbons (Fsp3) is 0.714. The molecule has 0 heterocycles. The SMILES string of the molecule is O=C(CCCl)NC(=O)NCCC(F)(F)F. The third-order valence-electron chi connectivity index (χ3n) is 1.27. The van der Waals surface area contributed by atoms with Crippen molar-refractivity contribution < 1.29 is 22.8 Å². The van der Waals surface area contributed by atoms with Crippen molar-refractivity contribution in [3.63, 3.8) is 0 Å². The van der Waals surface area contributed by atoms with E-state index in [1.54, 1.807) is 0 Å². The number of amides is 3. The topological polar surface area (TPSA) is 58.2 Å². The minimum atomic E-state index is -4.33. The second-order valence-electron chi connectivity index (χ2n) is 2.61. The largest absolute Gasteiger partial charge is 0.390 e. The zero-order valence-corrected chi connectivity index (χ0v) is 8.41. The lowest BCUT2D eigenvalue weighted by Crippen LogP contribution is -2.40. The standard InChI is InChI=1S/C7H10ClF3N2O2/c8-3-1-5(14)13-6(15)12-4-2-7(9,10)11/h1-4H2,(H2,12,13,14,15). The highest BCUT2D eigenvalue weighted by Gasteiger charge is 2.26. The Morgan fingerprint density at radius 1 is 1.27 bits per heavy atom. The summed E-state index contributed by atoms with van der Waals surface area (Å²) in [6, 6.07) is -0.950. The zero-order chi connectivity index (χ0) is 11.9. The summed E-state index contributed by atoms with van der Waals surface area (Å²) in [5.41, 5.74) is 0. The van der Waals surface area contributed by atoms with Crippen LogP contribution in [0.2, 0.25) is 0 Å². The van der Waals surface area contributed by atoms with E-state index in [1.165, 1.54) is 0 Å². The summed E-state index contributed by atoms with van der Waals surface area (Å²) >= 11 is 5.20. The molecule has 0 aromatic heterocycles. The predicted molar refractivity (Wildman–Crippen MR) is 47.6 cm³/mol. The van der Waals surface area contributed by atoms with Crippen LogP contribution in [-0.2, 0) is 4.79 Å². The van der Waals surface area contributed by atoms with Gasteiger partial charge in [-0.2, -0.15) is 13.2 Å². The quantitative estimate of drug-likeness (QED) is 0.737. The van der Waals surface area contributed by atoms with Crippen LogP contribution in [0.3, 0.4) is 0 Å². The number of urea groups is 1. The van der Waals surface area contributed by atoms with E-state index < -0.39 is 31.1 Å². The molecule has 0 aliphatic rings. The van der Waals surface area contributed by atoms with Crippen LogP contribution >= 0.6 is 11.6 Å². The van der Waals surface area contributed by atoms with Crippen LogP contribution in [0.15, 0.2) is 0 Å². The molecular formula is C7H10ClF3N2O2. The van der Waals surface area contributed by atoms with Gasteiger partial charge >= 0.3 is 12.2 Å². The van der Waals surface area contributed by atoms with Crippen molar-refractivity contribution in [3.05, 3.63) is 0 Å². The first-order valence-corrected chi connectivity index (χ1v) is 4.59. The van der Waals surface area contributed by atoms with E-state index in [2.05, 4.69) is 0 Å². The van der Waals surface area contributed by atoms with Gasteiger partial charge in [-0.1, -0.05) is 0 Å². The number of hydrogen-bond acceptors (Lipinski definition) is 2. The minimum Gasteiger partial charge on any atom is -0.337 e. The summed E-state index contributed by atoms with van der Waals surface area (Å²) in [4.78, 5) is 21.5. The lowest BCUT2D eigenvalue weighted by Gasteiger charge is -2.07. The average Bonchev–Trinajstić information content (AvgIpc) is 2.01. The Morgan fingerprint density at radius 3 is 2.33 bits per heavy atom. The van der Waals surface area contributed by atoms with E-state index in [-0.39, 0.29) is 12.3 Å². The van der Waals surface area contributed by atoms with Gasteiger partial charge < -0.3 is 5.32 Å². The van der Waals surface area contributed by atoms with Gasteiger partial charge in [-0.05, 0) is 0 Å². The van der Waals surface area contributed by atoms with Gasteiger partial charge in [-0.15, -0.1) is 11.6 Å². The molecule has 0 rings (SSSR count). The Morgan fingerprint density at radius 2 is 1.87 bits per heavy atom. The van der Waals surface area contributed by atoms with Gasteiger partial charge in [-0.3, -0.25) is 10.1 Å². The van der Waals surface area contributed by atoms with Gasteiger partial charge in [0.15, 0.2) is 0 Å². The molecule has 2 N–H and O–H groups in total. The van der Waals surface area contributed by atoms with Gasteiger partial charge in [0.1, 0.15) is 0 Å². The van der Waals surface area contributed by atoms with Crippen LogP contribution in [0.5, 0.6) is 0 Å². The van der Waals surface area contributed by atoms with Crippen molar-refractivity contribution in [2.45, 2.75) is 19.0 Å². The average molecular weight is 247 g/mol. The molecule has 0 aliphatic heterocycles. The fourth-order valence-electron chi connectivity index (χ4n) is 0.637. The smallest absolute Gasteiger partial charge is 0.337 e. The van der Waals surface area contributed by atoms with Crippen molar-refractivity contribution >= 4 is 23.5 Å². The van der Waals surface area contributed by atoms with E-state index in [9.17, 15) is 22.8 Å². The molecule has 0 spiro atoms. The second kappa shape index (κ2) is 6.49. The highest BCUT2D eigenvalue weighted by Crippen LogP contribution is 2.17. The molecule has 15 heavy (non-hydrogen) atoms. The maximum Gasteiger partial charge on any atom is 0.390 e. The number of alkyl halides is 4. The number of rotatable bonds is 4. The van der Waals surface area contributed by atoms with Gasteiger partial charge in [-0.25, -0.2) is 4.79 Å². The molecule has 0 saturated carbocycles. The molecule has 0 unspecified atom stereocenters. The lowest BCUT2D eigenvalue weighted by molar-refractivity contribution is -0.132. The molecule has 0 bridgehead atoms. The Balaban J connectivity index is 3.62. The van der Waals surface area contributed by atoms with Gasteiger partial charge in [0.25, 0.3) is 0 Å². The van der Waals surface area contributed by atoms with Crippen LogP contribution in [-0.4, -0.2) is 30.5 Å². The first kappa shape index (κ1) is 14.0. The Bertz CT molecular complexity index is 233. The first-order valence-electron chi connectivity index (χ1n) is 4.05. The molecule has 4 nitrogen and oxygen atoms in total. The molecule has 8 heteroatoms. The van der Waals surface area contributed by atoms with E-state index in [1.807, 2.05) is 10.6 Å². The highest BCUT2D eigenvalue weighted by molar-refractivity contribution is 6.19. The Labute approximate surface area is 89.2 Å². The maximum absolute atomic E-state index is 11.6. The van der Waals surface area contributed by atoms with E-state index in [4.69, 9.17) is 11.6 Å². The van der Waals surface area contributed by atoms with Gasteiger partial charge in [0, 0.05) is 18.8 Å². The molecule has 0 atom stereocenters. The number of carbonyl (C=O) groups excluding carboxylic acids is 2. The van der Waals surface area contributed by atoms with Crippen molar-refractivity contribution in [1.82, 2.24) is 10.6 Å². The number of carbonyl (C=O) groups is 2. The van der Waals surface area contributed by atoms with E-state index in [0.29, 0.717) is 0 Å². The number of halogens is 4. The van der Waals surface area contributed by atoms with Crippen molar-refractivity contribution in [3.8, 4) is 0 Å². The second-order valence-corrected chi connectivity index (χ2v) is 2.99. The van der Waals surface area contributed by atoms with Crippen LogP contribution in [0.25, 0.3) is 0 Å². The normalized spacial score (nSPS) is 10.9. The predicted octanol–water partition coefficient (Wildman–Crippen LogP) is 1.39. The molecule has 0 radical (unpaired) electrons. The van der Waals surface area contributed by atoms with Crippen molar-refractivity contribution in [2.24, 2.45) is 0 Å². The third-order valence-corrected chi connectivity index (χ3v) is 1.46. The van der Waals surface area contributed by atoms with Crippen molar-refractivity contribution in [1.29, 1.82) is 0 Å². The number of hydrogen-bond donors (Lipinski definition) is 2. The van der Waals surface area contributed by atoms with E-state index in [0.717, 1.165) is 0 Å². The molecule has 0 aromatic rings. The van der Waals surface area contributed by atoms with E-state index >= 15 is 0 Å². The monoisotopic (exact) mass is 246 g/mol. The zero-order valence-electron chi connectivity index (χ0n) is 7.66. The van der Waals surface area contributed by atoms with Crippen molar-refractivity contribution in [2.75, 3.05) is 12.4 Å². The molecule has 0 saturated heterocycles. The Hall–Kier alpha value is -0.980. The summed E-state index contributed by atoms with van der Waals surface area (Å²) in [6.07, 6.45) is -5.52. The number of imide groups is 1. The molecule has 0 aliphatic carbocycles. The number of nitrogens with one attached hydrogen (secondary N) is 2. The third kappa shape index (κ3) is 9.33. The fourth-order valence-corrected chi connectivity index (χ4v) is 0.809. The molecular weight excluding hydrogens is 237 g/mol. The summed E-state index contributed by atoms with van der Waals surface area (Å²) in [5.74, 6) is -0.587. The summed E-state index contributed by atoms with van der Waals surface area (Å²) in [5, 5.41) is 3.72. The highest BCUT2D eigenvalue weighted by atomic mass is 35.5. The Kier molecular flexibility index (Phi) is 6.07. The molecule has 88 valence electrons. The molecule has 3 amide bonds. The van der Waals surface area contributed by atoms with Crippen LogP contribution in [0, 0.1) is 0 Å². The summed E-state index contributed by atoms with van der Waals surface area (Å²) in [7, 11) is 0. The summed E-state index contributed by atoms with van der Waals surface area (Å²) < 4.78 is 34.9. The molecule has 0 fully saturated rings. The lowest BCUT2D eigenvalue weighted by atomic mass is 10.4. The van der Waals surface area contributed by atoms with Crippen LogP contribution in [0.4, 0.5) is 18.0 Å². The van der Waals surface area contributed by atoms with Gasteiger partial charge in [0.05, 0.1) is 6.42 Å². The van der Waals surface area contributed by atoms with Crippen LogP contribution < -0.4 is 10.6 Å². The first-order chi connectivity index (χ1) is 6.85. The summed E-state index contributed by atoms with van der Waals surface area (Å²) in [6.45, 7) is -0.566. The maximum atomic E-state index is 11.6. The van der Waals surface area contributed by atoms with Crippen LogP contribution in [0.1, 0.15) is 12.8 Å². The minimum absolute atomic E-state index is 0.0433. The molecule has 0 aromatic carbocycles.